The van der Waals surface area contributed by atoms with Gasteiger partial charge in [-0.15, -0.1) is 0 Å². The first-order valence-corrected chi connectivity index (χ1v) is 6.85. The quantitative estimate of drug-likeness (QED) is 0.936. The smallest absolute Gasteiger partial charge is 0.141 e. The van der Waals surface area contributed by atoms with Gasteiger partial charge in [0.2, 0.25) is 0 Å². The van der Waals surface area contributed by atoms with E-state index in [-0.39, 0.29) is 0 Å². The van der Waals surface area contributed by atoms with Crippen molar-refractivity contribution in [3.8, 4) is 22.6 Å². The summed E-state index contributed by atoms with van der Waals surface area (Å²) >= 11 is 6.20. The van der Waals surface area contributed by atoms with Gasteiger partial charge < -0.3 is 14.8 Å². The molecule has 4 heteroatoms. The maximum absolute atomic E-state index is 6.20. The molecular formula is C16H16ClNO2. The first kappa shape index (κ1) is 13.3. The highest BCUT2D eigenvalue weighted by molar-refractivity contribution is 6.33. The summed E-state index contributed by atoms with van der Waals surface area (Å²) in [4.78, 5) is 0. The van der Waals surface area contributed by atoms with Crippen molar-refractivity contribution in [2.24, 2.45) is 0 Å². The van der Waals surface area contributed by atoms with E-state index in [4.69, 9.17) is 21.1 Å². The van der Waals surface area contributed by atoms with Crippen molar-refractivity contribution in [2.75, 3.05) is 14.2 Å². The molecule has 1 N–H and O–H groups in total. The van der Waals surface area contributed by atoms with Crippen LogP contribution in [0.1, 0.15) is 11.1 Å². The molecule has 0 amide bonds. The fourth-order valence-electron chi connectivity index (χ4n) is 2.51. The van der Waals surface area contributed by atoms with Gasteiger partial charge in [0.1, 0.15) is 16.5 Å². The van der Waals surface area contributed by atoms with Crippen LogP contribution in [-0.4, -0.2) is 14.2 Å². The predicted molar refractivity (Wildman–Crippen MR) is 80.5 cm³/mol. The van der Waals surface area contributed by atoms with Crippen LogP contribution in [0.25, 0.3) is 11.1 Å². The van der Waals surface area contributed by atoms with E-state index < -0.39 is 0 Å². The van der Waals surface area contributed by atoms with Crippen molar-refractivity contribution < 1.29 is 9.47 Å². The SMILES string of the molecule is COc1cc(-c2ccc3c(c2)CNC3)cc(OC)c1Cl. The van der Waals surface area contributed by atoms with Gasteiger partial charge in [-0.1, -0.05) is 23.7 Å². The van der Waals surface area contributed by atoms with Gasteiger partial charge in [0.15, 0.2) is 0 Å². The molecule has 0 atom stereocenters. The lowest BCUT2D eigenvalue weighted by Gasteiger charge is -2.12. The number of nitrogens with one attached hydrogen (secondary N) is 1. The first-order valence-electron chi connectivity index (χ1n) is 6.47. The minimum Gasteiger partial charge on any atom is -0.495 e. The number of fused-ring (bicyclic) bond motifs is 1. The summed E-state index contributed by atoms with van der Waals surface area (Å²) in [5, 5.41) is 3.85. The van der Waals surface area contributed by atoms with Crippen LogP contribution in [0.3, 0.4) is 0 Å². The first-order chi connectivity index (χ1) is 9.72. The zero-order valence-electron chi connectivity index (χ0n) is 11.5. The third-order valence-electron chi connectivity index (χ3n) is 3.62. The van der Waals surface area contributed by atoms with E-state index in [9.17, 15) is 0 Å². The third-order valence-corrected chi connectivity index (χ3v) is 3.99. The van der Waals surface area contributed by atoms with Crippen LogP contribution in [0.2, 0.25) is 5.02 Å². The van der Waals surface area contributed by atoms with Crippen LogP contribution in [0.15, 0.2) is 30.3 Å². The number of hydrogen-bond donors (Lipinski definition) is 1. The van der Waals surface area contributed by atoms with E-state index in [1.54, 1.807) is 14.2 Å². The normalized spacial score (nSPS) is 13.2. The van der Waals surface area contributed by atoms with Crippen molar-refractivity contribution in [3.05, 3.63) is 46.5 Å². The molecule has 0 saturated carbocycles. The van der Waals surface area contributed by atoms with Gasteiger partial charge in [0, 0.05) is 13.1 Å². The van der Waals surface area contributed by atoms with Gasteiger partial charge in [0.25, 0.3) is 0 Å². The monoisotopic (exact) mass is 289 g/mol. The lowest BCUT2D eigenvalue weighted by atomic mass is 10.00. The highest BCUT2D eigenvalue weighted by Crippen LogP contribution is 2.39. The lowest BCUT2D eigenvalue weighted by molar-refractivity contribution is 0.395. The predicted octanol–water partition coefficient (Wildman–Crippen LogP) is 3.63. The Morgan fingerprint density at radius 2 is 1.55 bits per heavy atom. The number of methoxy groups -OCH3 is 2. The average Bonchev–Trinajstić information content (AvgIpc) is 2.95. The van der Waals surface area contributed by atoms with E-state index in [2.05, 4.69) is 23.5 Å². The van der Waals surface area contributed by atoms with Crippen molar-refractivity contribution in [1.29, 1.82) is 0 Å². The van der Waals surface area contributed by atoms with E-state index in [0.29, 0.717) is 16.5 Å². The van der Waals surface area contributed by atoms with Crippen molar-refractivity contribution >= 4 is 11.6 Å². The summed E-state index contributed by atoms with van der Waals surface area (Å²) in [7, 11) is 3.22. The Balaban J connectivity index is 2.09. The number of halogens is 1. The van der Waals surface area contributed by atoms with Crippen LogP contribution in [0, 0.1) is 0 Å². The Bertz CT molecular complexity index is 630. The van der Waals surface area contributed by atoms with Gasteiger partial charge >= 0.3 is 0 Å². The van der Waals surface area contributed by atoms with Crippen molar-refractivity contribution in [1.82, 2.24) is 5.32 Å². The summed E-state index contributed by atoms with van der Waals surface area (Å²) in [5.74, 6) is 1.25. The second-order valence-electron chi connectivity index (χ2n) is 4.78. The van der Waals surface area contributed by atoms with Crippen molar-refractivity contribution in [2.45, 2.75) is 13.1 Å². The molecule has 0 saturated heterocycles. The van der Waals surface area contributed by atoms with Crippen LogP contribution in [-0.2, 0) is 13.1 Å². The van der Waals surface area contributed by atoms with Gasteiger partial charge in [0.05, 0.1) is 14.2 Å². The molecule has 0 fully saturated rings. The molecule has 1 heterocycles. The highest BCUT2D eigenvalue weighted by Gasteiger charge is 2.14. The molecule has 0 unspecified atom stereocenters. The summed E-state index contributed by atoms with van der Waals surface area (Å²) < 4.78 is 10.6. The molecule has 3 rings (SSSR count). The molecule has 0 aliphatic carbocycles. The maximum Gasteiger partial charge on any atom is 0.141 e. The van der Waals surface area contributed by atoms with Gasteiger partial charge in [-0.2, -0.15) is 0 Å². The Kier molecular flexibility index (Phi) is 3.55. The number of rotatable bonds is 3. The topological polar surface area (TPSA) is 30.5 Å². The molecule has 1 aliphatic rings. The number of ether oxygens (including phenoxy) is 2. The summed E-state index contributed by atoms with van der Waals surface area (Å²) in [5.41, 5.74) is 4.88. The molecule has 2 aromatic rings. The Labute approximate surface area is 123 Å². The number of hydrogen-bond acceptors (Lipinski definition) is 3. The molecule has 2 aromatic carbocycles. The van der Waals surface area contributed by atoms with Gasteiger partial charge in [-0.05, 0) is 40.5 Å². The summed E-state index contributed by atoms with van der Waals surface area (Å²) in [6.07, 6.45) is 0. The zero-order chi connectivity index (χ0) is 14.1. The molecule has 0 bridgehead atoms. The minimum atomic E-state index is 0.501. The van der Waals surface area contributed by atoms with E-state index >= 15 is 0 Å². The Morgan fingerprint density at radius 3 is 2.20 bits per heavy atom. The third kappa shape index (κ3) is 2.23. The van der Waals surface area contributed by atoms with Crippen LogP contribution in [0.4, 0.5) is 0 Å². The van der Waals surface area contributed by atoms with E-state index in [1.807, 2.05) is 12.1 Å². The van der Waals surface area contributed by atoms with Crippen LogP contribution in [0.5, 0.6) is 11.5 Å². The van der Waals surface area contributed by atoms with E-state index in [0.717, 1.165) is 24.2 Å². The molecule has 0 aromatic heterocycles. The average molecular weight is 290 g/mol. The molecule has 104 valence electrons. The summed E-state index contributed by atoms with van der Waals surface area (Å²) in [6.45, 7) is 1.87. The molecule has 3 nitrogen and oxygen atoms in total. The zero-order valence-corrected chi connectivity index (χ0v) is 12.3. The molecule has 0 radical (unpaired) electrons. The Hall–Kier alpha value is -1.71. The number of benzene rings is 2. The lowest BCUT2D eigenvalue weighted by Crippen LogP contribution is -1.99. The molecule has 1 aliphatic heterocycles. The van der Waals surface area contributed by atoms with Crippen LogP contribution < -0.4 is 14.8 Å². The fraction of sp³-hybridized carbons (Fsp3) is 0.250. The van der Waals surface area contributed by atoms with Gasteiger partial charge in [-0.25, -0.2) is 0 Å². The van der Waals surface area contributed by atoms with Crippen molar-refractivity contribution in [3.63, 3.8) is 0 Å². The molecule has 0 spiro atoms. The molecule has 20 heavy (non-hydrogen) atoms. The summed E-state index contributed by atoms with van der Waals surface area (Å²) in [6, 6.07) is 10.4. The van der Waals surface area contributed by atoms with E-state index in [1.165, 1.54) is 11.1 Å². The minimum absolute atomic E-state index is 0.501. The highest BCUT2D eigenvalue weighted by atomic mass is 35.5. The molecular weight excluding hydrogens is 274 g/mol. The van der Waals surface area contributed by atoms with Crippen LogP contribution >= 0.6 is 11.6 Å². The Morgan fingerprint density at radius 1 is 0.900 bits per heavy atom. The maximum atomic E-state index is 6.20. The largest absolute Gasteiger partial charge is 0.495 e. The van der Waals surface area contributed by atoms with Gasteiger partial charge in [-0.3, -0.25) is 0 Å². The standard InChI is InChI=1S/C16H16ClNO2/c1-19-14-6-12(7-15(20-2)16(14)17)10-3-4-11-8-18-9-13(11)5-10/h3-7,18H,8-9H2,1-2H3. The second kappa shape index (κ2) is 5.35. The fourth-order valence-corrected chi connectivity index (χ4v) is 2.77. The second-order valence-corrected chi connectivity index (χ2v) is 5.16.